The molecule has 0 bridgehead atoms. The molecule has 0 spiro atoms. The number of fused-ring (bicyclic) bond motifs is 1. The first-order valence-corrected chi connectivity index (χ1v) is 8.74. The van der Waals surface area contributed by atoms with Crippen molar-refractivity contribution in [2.45, 2.75) is 12.5 Å². The van der Waals surface area contributed by atoms with E-state index >= 15 is 0 Å². The van der Waals surface area contributed by atoms with Crippen molar-refractivity contribution in [3.8, 4) is 0 Å². The van der Waals surface area contributed by atoms with E-state index in [2.05, 4.69) is 10.3 Å². The van der Waals surface area contributed by atoms with Gasteiger partial charge in [0.25, 0.3) is 0 Å². The molecule has 26 heavy (non-hydrogen) atoms. The molecule has 0 saturated heterocycles. The van der Waals surface area contributed by atoms with Crippen LogP contribution >= 0.6 is 11.6 Å². The first kappa shape index (κ1) is 16.5. The SMILES string of the molecule is O=C(C[C@H](c1ccc(Cl)cc1)n1nnc2ccccc21)c1ccccc1. The van der Waals surface area contributed by atoms with Gasteiger partial charge in [-0.3, -0.25) is 4.79 Å². The summed E-state index contributed by atoms with van der Waals surface area (Å²) >= 11 is 6.04. The number of para-hydroxylation sites is 1. The summed E-state index contributed by atoms with van der Waals surface area (Å²) in [4.78, 5) is 12.8. The number of halogens is 1. The van der Waals surface area contributed by atoms with Crippen LogP contribution in [0.3, 0.4) is 0 Å². The normalized spacial score (nSPS) is 12.2. The maximum absolute atomic E-state index is 12.8. The third-order valence-electron chi connectivity index (χ3n) is 4.40. The number of rotatable bonds is 5. The Kier molecular flexibility index (Phi) is 4.50. The highest BCUT2D eigenvalue weighted by atomic mass is 35.5. The van der Waals surface area contributed by atoms with Crippen LogP contribution in [0.2, 0.25) is 5.02 Å². The first-order chi connectivity index (χ1) is 12.7. The van der Waals surface area contributed by atoms with Crippen LogP contribution in [-0.2, 0) is 0 Å². The lowest BCUT2D eigenvalue weighted by atomic mass is 9.98. The molecule has 0 amide bonds. The molecule has 4 nitrogen and oxygen atoms in total. The molecule has 0 N–H and O–H groups in total. The van der Waals surface area contributed by atoms with E-state index in [0.29, 0.717) is 17.0 Å². The van der Waals surface area contributed by atoms with E-state index in [0.717, 1.165) is 16.6 Å². The quantitative estimate of drug-likeness (QED) is 0.473. The molecular formula is C21H16ClN3O. The second kappa shape index (κ2) is 7.10. The number of carbonyl (C=O) groups excluding carboxylic acids is 1. The first-order valence-electron chi connectivity index (χ1n) is 8.36. The zero-order chi connectivity index (χ0) is 17.9. The summed E-state index contributed by atoms with van der Waals surface area (Å²) in [7, 11) is 0. The maximum Gasteiger partial charge on any atom is 0.165 e. The largest absolute Gasteiger partial charge is 0.294 e. The van der Waals surface area contributed by atoms with E-state index in [9.17, 15) is 4.79 Å². The lowest BCUT2D eigenvalue weighted by molar-refractivity contribution is 0.0968. The van der Waals surface area contributed by atoms with E-state index in [1.807, 2.05) is 83.5 Å². The zero-order valence-electron chi connectivity index (χ0n) is 13.9. The molecule has 1 atom stereocenters. The number of nitrogens with zero attached hydrogens (tertiary/aromatic N) is 3. The van der Waals surface area contributed by atoms with Crippen molar-refractivity contribution in [3.05, 3.63) is 95.0 Å². The Balaban J connectivity index is 1.77. The molecule has 0 radical (unpaired) electrons. The monoisotopic (exact) mass is 361 g/mol. The van der Waals surface area contributed by atoms with Crippen molar-refractivity contribution < 1.29 is 4.79 Å². The van der Waals surface area contributed by atoms with Crippen LogP contribution in [0.4, 0.5) is 0 Å². The molecule has 4 aromatic rings. The van der Waals surface area contributed by atoms with E-state index in [-0.39, 0.29) is 11.8 Å². The number of benzene rings is 3. The predicted molar refractivity (Wildman–Crippen MR) is 103 cm³/mol. The van der Waals surface area contributed by atoms with Crippen molar-refractivity contribution in [2.24, 2.45) is 0 Å². The number of hydrogen-bond donors (Lipinski definition) is 0. The second-order valence-electron chi connectivity index (χ2n) is 6.08. The fourth-order valence-corrected chi connectivity index (χ4v) is 3.19. The third kappa shape index (κ3) is 3.24. The van der Waals surface area contributed by atoms with Crippen LogP contribution < -0.4 is 0 Å². The van der Waals surface area contributed by atoms with Gasteiger partial charge in [0.05, 0.1) is 11.6 Å². The average Bonchev–Trinajstić information content (AvgIpc) is 3.11. The zero-order valence-corrected chi connectivity index (χ0v) is 14.7. The summed E-state index contributed by atoms with van der Waals surface area (Å²) in [5.74, 6) is 0.0603. The predicted octanol–water partition coefficient (Wildman–Crippen LogP) is 4.95. The van der Waals surface area contributed by atoms with Crippen LogP contribution in [0.5, 0.6) is 0 Å². The fourth-order valence-electron chi connectivity index (χ4n) is 3.07. The van der Waals surface area contributed by atoms with Gasteiger partial charge in [0.1, 0.15) is 5.52 Å². The molecule has 128 valence electrons. The highest BCUT2D eigenvalue weighted by Gasteiger charge is 2.22. The van der Waals surface area contributed by atoms with Gasteiger partial charge >= 0.3 is 0 Å². The molecule has 0 aliphatic rings. The van der Waals surface area contributed by atoms with Crippen molar-refractivity contribution in [1.29, 1.82) is 0 Å². The standard InChI is InChI=1S/C21H16ClN3O/c22-17-12-10-15(11-13-17)20(14-21(26)16-6-2-1-3-7-16)25-19-9-5-4-8-18(19)23-24-25/h1-13,20H,14H2/t20-/m1/s1. The highest BCUT2D eigenvalue weighted by molar-refractivity contribution is 6.30. The Morgan fingerprint density at radius 1 is 0.923 bits per heavy atom. The lowest BCUT2D eigenvalue weighted by Gasteiger charge is -2.18. The Hall–Kier alpha value is -2.98. The number of carbonyl (C=O) groups is 1. The molecule has 5 heteroatoms. The molecule has 1 aromatic heterocycles. The highest BCUT2D eigenvalue weighted by Crippen LogP contribution is 2.27. The van der Waals surface area contributed by atoms with Gasteiger partial charge in [-0.25, -0.2) is 4.68 Å². The summed E-state index contributed by atoms with van der Waals surface area (Å²) in [6.45, 7) is 0. The molecule has 0 unspecified atom stereocenters. The van der Waals surface area contributed by atoms with Crippen molar-refractivity contribution >= 4 is 28.4 Å². The number of ketones is 1. The molecule has 3 aromatic carbocycles. The molecule has 4 rings (SSSR count). The van der Waals surface area contributed by atoms with E-state index < -0.39 is 0 Å². The minimum Gasteiger partial charge on any atom is -0.294 e. The van der Waals surface area contributed by atoms with Gasteiger partial charge < -0.3 is 0 Å². The molecule has 0 aliphatic carbocycles. The number of aromatic nitrogens is 3. The van der Waals surface area contributed by atoms with E-state index in [1.54, 1.807) is 0 Å². The fraction of sp³-hybridized carbons (Fsp3) is 0.0952. The Bertz CT molecular complexity index is 1040. The van der Waals surface area contributed by atoms with Crippen LogP contribution in [-0.4, -0.2) is 20.8 Å². The van der Waals surface area contributed by atoms with Crippen molar-refractivity contribution in [1.82, 2.24) is 15.0 Å². The van der Waals surface area contributed by atoms with Crippen molar-refractivity contribution in [3.63, 3.8) is 0 Å². The Morgan fingerprint density at radius 3 is 2.38 bits per heavy atom. The molecule has 1 heterocycles. The smallest absolute Gasteiger partial charge is 0.165 e. The van der Waals surface area contributed by atoms with Gasteiger partial charge in [0, 0.05) is 17.0 Å². The minimum absolute atomic E-state index is 0.0603. The maximum atomic E-state index is 12.8. The minimum atomic E-state index is -0.257. The summed E-state index contributed by atoms with van der Waals surface area (Å²) in [5.41, 5.74) is 3.36. The molecular weight excluding hydrogens is 346 g/mol. The van der Waals surface area contributed by atoms with E-state index in [1.165, 1.54) is 0 Å². The van der Waals surface area contributed by atoms with Crippen LogP contribution in [0.1, 0.15) is 28.4 Å². The van der Waals surface area contributed by atoms with Gasteiger partial charge in [-0.1, -0.05) is 71.4 Å². The van der Waals surface area contributed by atoms with Crippen LogP contribution in [0, 0.1) is 0 Å². The topological polar surface area (TPSA) is 47.8 Å². The molecule has 0 saturated carbocycles. The number of hydrogen-bond acceptors (Lipinski definition) is 3. The molecule has 0 aliphatic heterocycles. The Labute approximate surface area is 156 Å². The number of Topliss-reactive ketones (excluding diaryl/α,β-unsaturated/α-hetero) is 1. The summed E-state index contributed by atoms with van der Waals surface area (Å²) < 4.78 is 1.82. The summed E-state index contributed by atoms with van der Waals surface area (Å²) in [6.07, 6.45) is 0.291. The van der Waals surface area contributed by atoms with Gasteiger partial charge in [-0.15, -0.1) is 5.10 Å². The lowest BCUT2D eigenvalue weighted by Crippen LogP contribution is -2.17. The van der Waals surface area contributed by atoms with Gasteiger partial charge in [-0.2, -0.15) is 0 Å². The van der Waals surface area contributed by atoms with Gasteiger partial charge in [0.2, 0.25) is 0 Å². The summed E-state index contributed by atoms with van der Waals surface area (Å²) in [5, 5.41) is 9.22. The van der Waals surface area contributed by atoms with Crippen LogP contribution in [0.25, 0.3) is 11.0 Å². The molecule has 0 fully saturated rings. The van der Waals surface area contributed by atoms with Crippen LogP contribution in [0.15, 0.2) is 78.9 Å². The van der Waals surface area contributed by atoms with E-state index in [4.69, 9.17) is 11.6 Å². The van der Waals surface area contributed by atoms with Crippen molar-refractivity contribution in [2.75, 3.05) is 0 Å². The van der Waals surface area contributed by atoms with Gasteiger partial charge in [0.15, 0.2) is 5.78 Å². The summed E-state index contributed by atoms with van der Waals surface area (Å²) in [6, 6.07) is 24.3. The second-order valence-corrected chi connectivity index (χ2v) is 6.52. The van der Waals surface area contributed by atoms with Gasteiger partial charge in [-0.05, 0) is 29.8 Å². The third-order valence-corrected chi connectivity index (χ3v) is 4.65. The Morgan fingerprint density at radius 2 is 1.62 bits per heavy atom. The average molecular weight is 362 g/mol.